The quantitative estimate of drug-likeness (QED) is 0.296. The number of aryl methyl sites for hydroxylation is 2. The molecule has 5 rings (SSSR count). The van der Waals surface area contributed by atoms with Crippen molar-refractivity contribution in [3.63, 3.8) is 0 Å². The van der Waals surface area contributed by atoms with E-state index in [-0.39, 0.29) is 35.4 Å². The van der Waals surface area contributed by atoms with Crippen LogP contribution in [0.3, 0.4) is 0 Å². The molecule has 1 amide bonds. The van der Waals surface area contributed by atoms with Crippen molar-refractivity contribution in [3.8, 4) is 5.75 Å². The highest BCUT2D eigenvalue weighted by Crippen LogP contribution is 2.62. The van der Waals surface area contributed by atoms with E-state index >= 15 is 0 Å². The van der Waals surface area contributed by atoms with Crippen LogP contribution in [-0.2, 0) is 25.6 Å². The van der Waals surface area contributed by atoms with Gasteiger partial charge in [0.15, 0.2) is 5.13 Å². The number of nitrogens with one attached hydrogen (secondary N) is 1. The Morgan fingerprint density at radius 2 is 2.05 bits per heavy atom. The first-order chi connectivity index (χ1) is 17.6. The molecular weight excluding hydrogens is 488 g/mol. The zero-order chi connectivity index (χ0) is 26.3. The van der Waals surface area contributed by atoms with Crippen molar-refractivity contribution in [2.24, 2.45) is 23.2 Å². The Kier molecular flexibility index (Phi) is 7.05. The van der Waals surface area contributed by atoms with Gasteiger partial charge in [0, 0.05) is 29.3 Å². The molecule has 0 spiro atoms. The molecule has 2 aromatic rings. The average molecular weight is 523 g/mol. The summed E-state index contributed by atoms with van der Waals surface area (Å²) >= 11 is 1.47. The molecule has 1 aromatic carbocycles. The smallest absolute Gasteiger partial charge is 0.318 e. The van der Waals surface area contributed by atoms with Crippen molar-refractivity contribution in [2.75, 3.05) is 5.32 Å². The molecule has 3 aliphatic carbocycles. The second-order valence-corrected chi connectivity index (χ2v) is 12.5. The van der Waals surface area contributed by atoms with Crippen LogP contribution in [-0.4, -0.2) is 28.4 Å². The third-order valence-corrected chi connectivity index (χ3v) is 9.60. The topological polar surface area (TPSA) is 102 Å². The summed E-state index contributed by atoms with van der Waals surface area (Å²) in [5.74, 6) is 1.31. The number of nitrogens with zero attached hydrogens (tertiary/aromatic N) is 1. The molecule has 0 bridgehead atoms. The molecule has 7 nitrogen and oxygen atoms in total. The Labute approximate surface area is 221 Å². The minimum atomic E-state index is -0.532. The van der Waals surface area contributed by atoms with E-state index in [2.05, 4.69) is 23.3 Å². The maximum Gasteiger partial charge on any atom is 0.318 e. The standard InChI is InChI=1S/C29H34N2O5S/c1-16(32)12-26(35)36-20-6-8-21-18(13-20)4-7-23-22(21)10-11-29(3)24(33)14-19(27(23)29)5-9-25(34)31-28-30-15-17(2)37-28/h6,8,13,15,19,22-23,27H,4-5,7,9-12,14H2,1-3H3,(H,30,31,34). The Morgan fingerprint density at radius 1 is 1.24 bits per heavy atom. The first kappa shape index (κ1) is 25.8. The Hall–Kier alpha value is -2.87. The number of fused-ring (bicyclic) bond motifs is 5. The van der Waals surface area contributed by atoms with Gasteiger partial charge in [-0.25, -0.2) is 4.98 Å². The number of hydrogen-bond acceptors (Lipinski definition) is 7. The number of ketones is 2. The summed E-state index contributed by atoms with van der Waals surface area (Å²) in [5, 5.41) is 3.53. The number of thiazole rings is 1. The molecule has 1 heterocycles. The third-order valence-electron chi connectivity index (χ3n) is 8.78. The van der Waals surface area contributed by atoms with Gasteiger partial charge in [-0.05, 0) is 92.9 Å². The van der Waals surface area contributed by atoms with Crippen molar-refractivity contribution < 1.29 is 23.9 Å². The van der Waals surface area contributed by atoms with Crippen LogP contribution in [0.25, 0.3) is 0 Å². The van der Waals surface area contributed by atoms with Gasteiger partial charge in [0.2, 0.25) is 5.91 Å². The van der Waals surface area contributed by atoms with Crippen molar-refractivity contribution in [2.45, 2.75) is 78.1 Å². The van der Waals surface area contributed by atoms with Crippen LogP contribution in [0.5, 0.6) is 5.75 Å². The van der Waals surface area contributed by atoms with Gasteiger partial charge in [0.1, 0.15) is 23.7 Å². The number of Topliss-reactive ketones (excluding diaryl/α,β-unsaturated/α-hetero) is 2. The summed E-state index contributed by atoms with van der Waals surface area (Å²) in [6.45, 7) is 5.49. The number of hydrogen-bond donors (Lipinski definition) is 1. The van der Waals surface area contributed by atoms with E-state index in [0.29, 0.717) is 47.8 Å². The van der Waals surface area contributed by atoms with Gasteiger partial charge in [-0.3, -0.25) is 19.2 Å². The van der Waals surface area contributed by atoms with Gasteiger partial charge in [-0.1, -0.05) is 13.0 Å². The number of carbonyl (C=O) groups is 4. The average Bonchev–Trinajstić information content (AvgIpc) is 3.36. The number of anilines is 1. The van der Waals surface area contributed by atoms with Crippen LogP contribution in [0.15, 0.2) is 24.4 Å². The largest absolute Gasteiger partial charge is 0.426 e. The van der Waals surface area contributed by atoms with Crippen molar-refractivity contribution in [1.29, 1.82) is 0 Å². The lowest BCUT2D eigenvalue weighted by molar-refractivity contribution is -0.137. The van der Waals surface area contributed by atoms with Gasteiger partial charge in [0.25, 0.3) is 0 Å². The lowest BCUT2D eigenvalue weighted by atomic mass is 9.54. The molecular formula is C29H34N2O5S. The van der Waals surface area contributed by atoms with E-state index in [1.165, 1.54) is 29.4 Å². The molecule has 5 unspecified atom stereocenters. The van der Waals surface area contributed by atoms with Crippen LogP contribution in [0, 0.1) is 30.1 Å². The normalized spacial score (nSPS) is 28.1. The number of ether oxygens (including phenoxy) is 1. The molecule has 2 fully saturated rings. The maximum atomic E-state index is 13.2. The molecule has 0 radical (unpaired) electrons. The molecule has 3 aliphatic rings. The number of esters is 1. The molecule has 2 saturated carbocycles. The summed E-state index contributed by atoms with van der Waals surface area (Å²) in [5.41, 5.74) is 2.17. The van der Waals surface area contributed by atoms with Gasteiger partial charge in [-0.15, -0.1) is 11.3 Å². The first-order valence-electron chi connectivity index (χ1n) is 13.2. The van der Waals surface area contributed by atoms with E-state index in [1.54, 1.807) is 6.20 Å². The van der Waals surface area contributed by atoms with Gasteiger partial charge in [0.05, 0.1) is 0 Å². The highest BCUT2D eigenvalue weighted by Gasteiger charge is 2.58. The molecule has 196 valence electrons. The van der Waals surface area contributed by atoms with Gasteiger partial charge >= 0.3 is 5.97 Å². The minimum Gasteiger partial charge on any atom is -0.426 e. The summed E-state index contributed by atoms with van der Waals surface area (Å²) in [4.78, 5) is 54.3. The van der Waals surface area contributed by atoms with Crippen molar-refractivity contribution >= 4 is 39.9 Å². The Morgan fingerprint density at radius 3 is 2.78 bits per heavy atom. The SMILES string of the molecule is CC(=O)CC(=O)Oc1ccc2c(c1)CCC1C2CCC2(C)C(=O)CC(CCC(=O)Nc3ncc(C)s3)C12. The molecule has 1 aromatic heterocycles. The molecule has 8 heteroatoms. The van der Waals surface area contributed by atoms with Crippen LogP contribution >= 0.6 is 11.3 Å². The molecule has 1 N–H and O–H groups in total. The molecule has 0 aliphatic heterocycles. The van der Waals surface area contributed by atoms with Crippen LogP contribution in [0.4, 0.5) is 5.13 Å². The second-order valence-electron chi connectivity index (χ2n) is 11.3. The zero-order valence-electron chi connectivity index (χ0n) is 21.7. The fourth-order valence-corrected chi connectivity index (χ4v) is 7.91. The van der Waals surface area contributed by atoms with Crippen LogP contribution in [0.1, 0.15) is 80.7 Å². The molecule has 5 atom stereocenters. The van der Waals surface area contributed by atoms with E-state index in [9.17, 15) is 19.2 Å². The fourth-order valence-electron chi connectivity index (χ4n) is 7.23. The summed E-state index contributed by atoms with van der Waals surface area (Å²) < 4.78 is 5.40. The third kappa shape index (κ3) is 5.13. The number of rotatable bonds is 7. The minimum absolute atomic E-state index is 0.0383. The Balaban J connectivity index is 1.30. The predicted molar refractivity (Wildman–Crippen MR) is 141 cm³/mol. The summed E-state index contributed by atoms with van der Waals surface area (Å²) in [6, 6.07) is 5.84. The number of benzene rings is 1. The van der Waals surface area contributed by atoms with E-state index in [0.717, 1.165) is 30.6 Å². The molecule has 0 saturated heterocycles. The van der Waals surface area contributed by atoms with Crippen molar-refractivity contribution in [3.05, 3.63) is 40.4 Å². The molecule has 37 heavy (non-hydrogen) atoms. The number of carbonyl (C=O) groups excluding carboxylic acids is 4. The predicted octanol–water partition coefficient (Wildman–Crippen LogP) is 5.41. The summed E-state index contributed by atoms with van der Waals surface area (Å²) in [7, 11) is 0. The fraction of sp³-hybridized carbons (Fsp3) is 0.552. The highest BCUT2D eigenvalue weighted by atomic mass is 32.1. The van der Waals surface area contributed by atoms with Gasteiger partial charge < -0.3 is 10.1 Å². The van der Waals surface area contributed by atoms with E-state index < -0.39 is 5.97 Å². The monoisotopic (exact) mass is 522 g/mol. The van der Waals surface area contributed by atoms with E-state index in [1.807, 2.05) is 19.1 Å². The summed E-state index contributed by atoms with van der Waals surface area (Å²) in [6.07, 6.45) is 6.89. The highest BCUT2D eigenvalue weighted by molar-refractivity contribution is 7.15. The zero-order valence-corrected chi connectivity index (χ0v) is 22.5. The second kappa shape index (κ2) is 10.1. The van der Waals surface area contributed by atoms with Crippen molar-refractivity contribution in [1.82, 2.24) is 4.98 Å². The lowest BCUT2D eigenvalue weighted by Gasteiger charge is -2.50. The number of amides is 1. The maximum absolute atomic E-state index is 13.2. The van der Waals surface area contributed by atoms with Crippen LogP contribution < -0.4 is 10.1 Å². The Bertz CT molecular complexity index is 1250. The van der Waals surface area contributed by atoms with Gasteiger partial charge in [-0.2, -0.15) is 0 Å². The van der Waals surface area contributed by atoms with Crippen LogP contribution in [0.2, 0.25) is 0 Å². The number of aromatic nitrogens is 1. The van der Waals surface area contributed by atoms with E-state index in [4.69, 9.17) is 4.74 Å². The first-order valence-corrected chi connectivity index (χ1v) is 14.0. The lowest BCUT2D eigenvalue weighted by Crippen LogP contribution is -2.44.